The summed E-state index contributed by atoms with van der Waals surface area (Å²) in [7, 11) is 0. The molecule has 3 rings (SSSR count). The maximum absolute atomic E-state index is 11.3. The molecule has 1 N–H and O–H groups in total. The molecule has 1 unspecified atom stereocenters. The van der Waals surface area contributed by atoms with E-state index in [2.05, 4.69) is 20.6 Å². The van der Waals surface area contributed by atoms with Crippen LogP contribution in [0.3, 0.4) is 0 Å². The number of benzene rings is 1. The third-order valence-electron chi connectivity index (χ3n) is 3.19. The van der Waals surface area contributed by atoms with E-state index in [4.69, 9.17) is 11.6 Å². The highest BCUT2D eigenvalue weighted by molar-refractivity contribution is 7.07. The molecule has 2 heterocycles. The van der Waals surface area contributed by atoms with E-state index in [1.807, 2.05) is 31.4 Å². The van der Waals surface area contributed by atoms with Crippen molar-refractivity contribution < 1.29 is 0 Å². The molecular formula is C14H14ClN3OS. The average molecular weight is 308 g/mol. The molecule has 0 spiro atoms. The van der Waals surface area contributed by atoms with Gasteiger partial charge in [-0.25, -0.2) is 4.98 Å². The molecule has 0 saturated carbocycles. The number of fused-ring (bicyclic) bond motifs is 1. The van der Waals surface area contributed by atoms with Crippen LogP contribution in [0.4, 0.5) is 0 Å². The zero-order valence-corrected chi connectivity index (χ0v) is 12.8. The van der Waals surface area contributed by atoms with E-state index in [9.17, 15) is 4.79 Å². The largest absolute Gasteiger partial charge is 0.321 e. The van der Waals surface area contributed by atoms with Crippen molar-refractivity contribution in [2.75, 3.05) is 0 Å². The SMILES string of the molecule is Cc1ccc2c(c1)nc(C(C)Cl)n2Cc1csc(=O)[nH]1. The number of hydrogen-bond acceptors (Lipinski definition) is 3. The molecule has 0 radical (unpaired) electrons. The summed E-state index contributed by atoms with van der Waals surface area (Å²) in [6.45, 7) is 4.52. The van der Waals surface area contributed by atoms with Crippen molar-refractivity contribution in [1.82, 2.24) is 14.5 Å². The Morgan fingerprint density at radius 2 is 2.30 bits per heavy atom. The Hall–Kier alpha value is -1.59. The summed E-state index contributed by atoms with van der Waals surface area (Å²) < 4.78 is 2.06. The summed E-state index contributed by atoms with van der Waals surface area (Å²) in [5.41, 5.74) is 4.01. The highest BCUT2D eigenvalue weighted by Gasteiger charge is 2.15. The van der Waals surface area contributed by atoms with E-state index in [1.54, 1.807) is 0 Å². The second-order valence-corrected chi connectivity index (χ2v) is 6.33. The van der Waals surface area contributed by atoms with Gasteiger partial charge in [0.2, 0.25) is 0 Å². The predicted molar refractivity (Wildman–Crippen MR) is 82.8 cm³/mol. The van der Waals surface area contributed by atoms with Crippen molar-refractivity contribution in [2.24, 2.45) is 0 Å². The number of aromatic amines is 1. The molecule has 0 bridgehead atoms. The lowest BCUT2D eigenvalue weighted by Gasteiger charge is -2.09. The Bertz CT molecular complexity index is 815. The molecular weight excluding hydrogens is 294 g/mol. The molecule has 20 heavy (non-hydrogen) atoms. The van der Waals surface area contributed by atoms with Gasteiger partial charge in [0.15, 0.2) is 0 Å². The molecule has 1 atom stereocenters. The van der Waals surface area contributed by atoms with Gasteiger partial charge in [-0.1, -0.05) is 17.4 Å². The van der Waals surface area contributed by atoms with Crippen LogP contribution in [-0.4, -0.2) is 14.5 Å². The van der Waals surface area contributed by atoms with Crippen LogP contribution in [0.15, 0.2) is 28.4 Å². The number of nitrogens with one attached hydrogen (secondary N) is 1. The summed E-state index contributed by atoms with van der Waals surface area (Å²) in [6.07, 6.45) is 0. The molecule has 0 amide bonds. The molecule has 6 heteroatoms. The topological polar surface area (TPSA) is 50.7 Å². The minimum Gasteiger partial charge on any atom is -0.321 e. The Morgan fingerprint density at radius 3 is 2.95 bits per heavy atom. The number of rotatable bonds is 3. The summed E-state index contributed by atoms with van der Waals surface area (Å²) in [5, 5.41) is 1.65. The summed E-state index contributed by atoms with van der Waals surface area (Å²) in [6, 6.07) is 6.15. The molecule has 0 fully saturated rings. The highest BCUT2D eigenvalue weighted by Crippen LogP contribution is 2.26. The van der Waals surface area contributed by atoms with Crippen LogP contribution in [0.5, 0.6) is 0 Å². The Balaban J connectivity index is 2.15. The molecule has 2 aromatic heterocycles. The van der Waals surface area contributed by atoms with Crippen molar-refractivity contribution in [2.45, 2.75) is 25.8 Å². The number of aryl methyl sites for hydroxylation is 1. The molecule has 0 saturated heterocycles. The lowest BCUT2D eigenvalue weighted by atomic mass is 10.2. The first kappa shape index (κ1) is 13.4. The first-order valence-electron chi connectivity index (χ1n) is 6.32. The van der Waals surface area contributed by atoms with Gasteiger partial charge in [0.1, 0.15) is 5.82 Å². The van der Waals surface area contributed by atoms with Crippen LogP contribution in [0.25, 0.3) is 11.0 Å². The first-order valence-corrected chi connectivity index (χ1v) is 7.64. The molecule has 1 aromatic carbocycles. The van der Waals surface area contributed by atoms with Crippen molar-refractivity contribution in [3.05, 3.63) is 50.3 Å². The van der Waals surface area contributed by atoms with Crippen molar-refractivity contribution in [1.29, 1.82) is 0 Å². The third-order valence-corrected chi connectivity index (χ3v) is 4.10. The average Bonchev–Trinajstić information content (AvgIpc) is 2.94. The lowest BCUT2D eigenvalue weighted by molar-refractivity contribution is 0.729. The van der Waals surface area contributed by atoms with Crippen LogP contribution in [-0.2, 0) is 6.54 Å². The molecule has 0 aliphatic heterocycles. The Morgan fingerprint density at radius 1 is 1.50 bits per heavy atom. The monoisotopic (exact) mass is 307 g/mol. The van der Waals surface area contributed by atoms with Gasteiger partial charge in [-0.3, -0.25) is 4.79 Å². The fourth-order valence-electron chi connectivity index (χ4n) is 2.29. The van der Waals surface area contributed by atoms with Crippen LogP contribution < -0.4 is 4.87 Å². The van der Waals surface area contributed by atoms with Gasteiger partial charge >= 0.3 is 4.87 Å². The van der Waals surface area contributed by atoms with Gasteiger partial charge in [0.25, 0.3) is 0 Å². The van der Waals surface area contributed by atoms with E-state index in [0.29, 0.717) is 6.54 Å². The normalized spacial score (nSPS) is 12.9. The fourth-order valence-corrected chi connectivity index (χ4v) is 3.03. The molecule has 4 nitrogen and oxygen atoms in total. The second kappa shape index (κ2) is 5.07. The number of nitrogens with zero attached hydrogens (tertiary/aromatic N) is 2. The zero-order valence-electron chi connectivity index (χ0n) is 11.2. The van der Waals surface area contributed by atoms with E-state index < -0.39 is 0 Å². The molecule has 0 aliphatic rings. The number of halogens is 1. The van der Waals surface area contributed by atoms with Gasteiger partial charge in [-0.15, -0.1) is 11.6 Å². The summed E-state index contributed by atoms with van der Waals surface area (Å²) >= 11 is 7.41. The van der Waals surface area contributed by atoms with E-state index in [0.717, 1.165) is 22.6 Å². The van der Waals surface area contributed by atoms with Crippen LogP contribution in [0.1, 0.15) is 29.4 Å². The minimum atomic E-state index is -0.187. The number of aromatic nitrogens is 3. The smallest absolute Gasteiger partial charge is 0.304 e. The van der Waals surface area contributed by atoms with Gasteiger partial charge < -0.3 is 9.55 Å². The van der Waals surface area contributed by atoms with Crippen molar-refractivity contribution in [3.8, 4) is 0 Å². The van der Waals surface area contributed by atoms with Crippen molar-refractivity contribution in [3.63, 3.8) is 0 Å². The highest BCUT2D eigenvalue weighted by atomic mass is 35.5. The first-order chi connectivity index (χ1) is 9.54. The number of H-pyrrole nitrogens is 1. The quantitative estimate of drug-likeness (QED) is 0.754. The van der Waals surface area contributed by atoms with Gasteiger partial charge in [0, 0.05) is 11.1 Å². The lowest BCUT2D eigenvalue weighted by Crippen LogP contribution is -2.07. The van der Waals surface area contributed by atoms with E-state index in [1.165, 1.54) is 16.9 Å². The summed E-state index contributed by atoms with van der Waals surface area (Å²) in [4.78, 5) is 18.7. The number of imidazole rings is 1. The number of alkyl halides is 1. The van der Waals surface area contributed by atoms with E-state index in [-0.39, 0.29) is 10.3 Å². The fraction of sp³-hybridized carbons (Fsp3) is 0.286. The molecule has 104 valence electrons. The zero-order chi connectivity index (χ0) is 14.3. The third kappa shape index (κ3) is 2.39. The standard InChI is InChI=1S/C14H14ClN3OS/c1-8-3-4-12-11(5-8)17-13(9(2)15)18(12)6-10-7-20-14(19)16-10/h3-5,7,9H,6H2,1-2H3,(H,16,19). The maximum atomic E-state index is 11.3. The number of hydrogen-bond donors (Lipinski definition) is 1. The van der Waals surface area contributed by atoms with Gasteiger partial charge in [0.05, 0.1) is 23.0 Å². The van der Waals surface area contributed by atoms with Crippen molar-refractivity contribution >= 4 is 34.0 Å². The van der Waals surface area contributed by atoms with Gasteiger partial charge in [-0.05, 0) is 31.5 Å². The minimum absolute atomic E-state index is 0.0410. The second-order valence-electron chi connectivity index (χ2n) is 4.84. The molecule has 3 aromatic rings. The summed E-state index contributed by atoms with van der Waals surface area (Å²) in [5.74, 6) is 0.819. The van der Waals surface area contributed by atoms with Crippen LogP contribution in [0.2, 0.25) is 0 Å². The number of thiazole rings is 1. The molecule has 0 aliphatic carbocycles. The predicted octanol–water partition coefficient (Wildman–Crippen LogP) is 3.44. The maximum Gasteiger partial charge on any atom is 0.304 e. The Kier molecular flexibility index (Phi) is 3.40. The van der Waals surface area contributed by atoms with Crippen LogP contribution >= 0.6 is 22.9 Å². The van der Waals surface area contributed by atoms with E-state index >= 15 is 0 Å². The Labute approximate surface area is 125 Å². The van der Waals surface area contributed by atoms with Crippen LogP contribution in [0, 0.1) is 6.92 Å². The van der Waals surface area contributed by atoms with Gasteiger partial charge in [-0.2, -0.15) is 0 Å².